The number of hydrogen-bond acceptors (Lipinski definition) is 2. The van der Waals surface area contributed by atoms with Crippen LogP contribution in [0.15, 0.2) is 43.0 Å². The quantitative estimate of drug-likeness (QED) is 0.239. The molecule has 0 amide bonds. The van der Waals surface area contributed by atoms with Gasteiger partial charge in [0, 0.05) is 5.56 Å². The summed E-state index contributed by atoms with van der Waals surface area (Å²) in [6.07, 6.45) is 13.5. The molecule has 0 aliphatic heterocycles. The zero-order chi connectivity index (χ0) is 25.5. The summed E-state index contributed by atoms with van der Waals surface area (Å²) in [6, 6.07) is 7.09. The highest BCUT2D eigenvalue weighted by Crippen LogP contribution is 2.42. The second kappa shape index (κ2) is 12.7. The maximum Gasteiger partial charge on any atom is 0.201 e. The van der Waals surface area contributed by atoms with Crippen molar-refractivity contribution in [1.29, 1.82) is 0 Å². The Kier molecular flexibility index (Phi) is 9.39. The van der Waals surface area contributed by atoms with E-state index < -0.39 is 17.5 Å². The highest BCUT2D eigenvalue weighted by atomic mass is 19.2. The standard InChI is InChI=1S/C31H39F3O2/c1-3-5-18-35-28-16-14-25(19-27(28)32)26-15-17-29(31(34)30(26)33)36-20-22-8-12-24(13-9-22)23-10-6-21(4-2)7-11-23/h4,14-17,19,21-24H,2-3,5-13,18,20H2,1H3/t21-,22-,23-,24-. The van der Waals surface area contributed by atoms with Crippen LogP contribution in [-0.4, -0.2) is 13.2 Å². The molecule has 4 rings (SSSR count). The lowest BCUT2D eigenvalue weighted by molar-refractivity contribution is 0.127. The Labute approximate surface area is 213 Å². The van der Waals surface area contributed by atoms with Crippen LogP contribution in [0.25, 0.3) is 11.1 Å². The summed E-state index contributed by atoms with van der Waals surface area (Å²) in [4.78, 5) is 0. The van der Waals surface area contributed by atoms with E-state index >= 15 is 0 Å². The lowest BCUT2D eigenvalue weighted by Gasteiger charge is -2.37. The lowest BCUT2D eigenvalue weighted by atomic mass is 9.69. The smallest absolute Gasteiger partial charge is 0.201 e. The third-order valence-electron chi connectivity index (χ3n) is 8.23. The molecule has 0 atom stereocenters. The van der Waals surface area contributed by atoms with Gasteiger partial charge in [0.25, 0.3) is 0 Å². The molecule has 0 N–H and O–H groups in total. The van der Waals surface area contributed by atoms with E-state index in [1.54, 1.807) is 6.07 Å². The number of allylic oxidation sites excluding steroid dienone is 1. The van der Waals surface area contributed by atoms with Gasteiger partial charge in [0.2, 0.25) is 5.82 Å². The molecule has 36 heavy (non-hydrogen) atoms. The maximum absolute atomic E-state index is 14.9. The van der Waals surface area contributed by atoms with Crippen LogP contribution in [0.5, 0.6) is 11.5 Å². The molecule has 2 aromatic rings. The van der Waals surface area contributed by atoms with Gasteiger partial charge in [-0.25, -0.2) is 8.78 Å². The summed E-state index contributed by atoms with van der Waals surface area (Å²) in [6.45, 7) is 6.78. The minimum atomic E-state index is -1.02. The first-order chi connectivity index (χ1) is 17.5. The highest BCUT2D eigenvalue weighted by Gasteiger charge is 2.30. The van der Waals surface area contributed by atoms with Gasteiger partial charge in [0.05, 0.1) is 13.2 Å². The first-order valence-electron chi connectivity index (χ1n) is 13.7. The van der Waals surface area contributed by atoms with Crippen LogP contribution in [0, 0.1) is 41.1 Å². The second-order valence-corrected chi connectivity index (χ2v) is 10.6. The van der Waals surface area contributed by atoms with Crippen molar-refractivity contribution in [3.8, 4) is 22.6 Å². The zero-order valence-corrected chi connectivity index (χ0v) is 21.4. The number of unbranched alkanes of at least 4 members (excludes halogenated alkanes) is 1. The topological polar surface area (TPSA) is 18.5 Å². The molecule has 2 saturated carbocycles. The molecule has 5 heteroatoms. The summed E-state index contributed by atoms with van der Waals surface area (Å²) in [7, 11) is 0. The van der Waals surface area contributed by atoms with Gasteiger partial charge in [-0.05, 0) is 111 Å². The van der Waals surface area contributed by atoms with E-state index in [0.29, 0.717) is 25.0 Å². The molecular weight excluding hydrogens is 461 g/mol. The summed E-state index contributed by atoms with van der Waals surface area (Å²) in [5, 5.41) is 0. The van der Waals surface area contributed by atoms with Crippen molar-refractivity contribution in [2.24, 2.45) is 23.7 Å². The molecule has 2 aliphatic carbocycles. The number of halogens is 3. The Bertz CT molecular complexity index is 1010. The summed E-state index contributed by atoms with van der Waals surface area (Å²) < 4.78 is 55.3. The molecule has 2 aliphatic rings. The fourth-order valence-corrected chi connectivity index (χ4v) is 5.86. The van der Waals surface area contributed by atoms with Gasteiger partial charge < -0.3 is 9.47 Å². The Balaban J connectivity index is 1.30. The minimum Gasteiger partial charge on any atom is -0.491 e. The predicted molar refractivity (Wildman–Crippen MR) is 139 cm³/mol. The summed E-state index contributed by atoms with van der Waals surface area (Å²) >= 11 is 0. The fourth-order valence-electron chi connectivity index (χ4n) is 5.86. The maximum atomic E-state index is 14.9. The molecule has 0 spiro atoms. The average Bonchev–Trinajstić information content (AvgIpc) is 2.91. The van der Waals surface area contributed by atoms with E-state index in [2.05, 4.69) is 12.7 Å². The van der Waals surface area contributed by atoms with Crippen molar-refractivity contribution in [1.82, 2.24) is 0 Å². The van der Waals surface area contributed by atoms with Gasteiger partial charge in [0.15, 0.2) is 23.1 Å². The molecule has 0 saturated heterocycles. The Morgan fingerprint density at radius 1 is 0.833 bits per heavy atom. The van der Waals surface area contributed by atoms with Crippen molar-refractivity contribution in [2.45, 2.75) is 71.1 Å². The average molecular weight is 501 g/mol. The molecule has 0 unspecified atom stereocenters. The van der Waals surface area contributed by atoms with Crippen LogP contribution >= 0.6 is 0 Å². The van der Waals surface area contributed by atoms with Crippen LogP contribution in [0.2, 0.25) is 0 Å². The first-order valence-corrected chi connectivity index (χ1v) is 13.7. The molecule has 0 heterocycles. The molecule has 2 nitrogen and oxygen atoms in total. The number of benzene rings is 2. The normalized spacial score (nSPS) is 24.3. The third-order valence-corrected chi connectivity index (χ3v) is 8.23. The molecule has 0 bridgehead atoms. The molecule has 0 aromatic heterocycles. The number of ether oxygens (including phenoxy) is 2. The fraction of sp³-hybridized carbons (Fsp3) is 0.548. The van der Waals surface area contributed by atoms with Crippen molar-refractivity contribution in [3.05, 3.63) is 60.4 Å². The Morgan fingerprint density at radius 3 is 2.14 bits per heavy atom. The Morgan fingerprint density at radius 2 is 1.50 bits per heavy atom. The van der Waals surface area contributed by atoms with Crippen LogP contribution in [0.4, 0.5) is 13.2 Å². The van der Waals surface area contributed by atoms with Gasteiger partial charge in [-0.1, -0.05) is 25.5 Å². The van der Waals surface area contributed by atoms with E-state index in [9.17, 15) is 13.2 Å². The lowest BCUT2D eigenvalue weighted by Crippen LogP contribution is -2.27. The van der Waals surface area contributed by atoms with E-state index in [-0.39, 0.29) is 22.6 Å². The SMILES string of the molecule is C=C[C@H]1CC[C@H]([C@H]2CC[C@H](COc3ccc(-c4ccc(OCCCC)c(F)c4)c(F)c3F)CC2)CC1. The summed E-state index contributed by atoms with van der Waals surface area (Å²) in [5.41, 5.74) is 0.268. The van der Waals surface area contributed by atoms with E-state index in [1.807, 2.05) is 6.92 Å². The molecule has 196 valence electrons. The van der Waals surface area contributed by atoms with Gasteiger partial charge in [-0.3, -0.25) is 0 Å². The summed E-state index contributed by atoms with van der Waals surface area (Å²) in [5.74, 6) is 0.0572. The molecular formula is C31H39F3O2. The number of rotatable bonds is 10. The van der Waals surface area contributed by atoms with E-state index in [4.69, 9.17) is 9.47 Å². The Hall–Kier alpha value is -2.43. The second-order valence-electron chi connectivity index (χ2n) is 10.6. The van der Waals surface area contributed by atoms with Crippen molar-refractivity contribution < 1.29 is 22.6 Å². The van der Waals surface area contributed by atoms with Crippen LogP contribution in [-0.2, 0) is 0 Å². The number of hydrogen-bond donors (Lipinski definition) is 0. The van der Waals surface area contributed by atoms with Crippen LogP contribution in [0.3, 0.4) is 0 Å². The monoisotopic (exact) mass is 500 g/mol. The third kappa shape index (κ3) is 6.46. The minimum absolute atomic E-state index is 0.00513. The molecule has 2 aromatic carbocycles. The highest BCUT2D eigenvalue weighted by molar-refractivity contribution is 5.66. The van der Waals surface area contributed by atoms with E-state index in [1.165, 1.54) is 62.8 Å². The van der Waals surface area contributed by atoms with Crippen molar-refractivity contribution in [3.63, 3.8) is 0 Å². The largest absolute Gasteiger partial charge is 0.491 e. The van der Waals surface area contributed by atoms with E-state index in [0.717, 1.165) is 37.5 Å². The van der Waals surface area contributed by atoms with Crippen LogP contribution < -0.4 is 9.47 Å². The molecule has 2 fully saturated rings. The molecule has 0 radical (unpaired) electrons. The predicted octanol–water partition coefficient (Wildman–Crippen LogP) is 9.13. The van der Waals surface area contributed by atoms with Gasteiger partial charge in [-0.15, -0.1) is 6.58 Å². The van der Waals surface area contributed by atoms with Gasteiger partial charge in [0.1, 0.15) is 0 Å². The van der Waals surface area contributed by atoms with Crippen LogP contribution in [0.1, 0.15) is 71.1 Å². The van der Waals surface area contributed by atoms with Gasteiger partial charge >= 0.3 is 0 Å². The van der Waals surface area contributed by atoms with Gasteiger partial charge in [-0.2, -0.15) is 4.39 Å². The van der Waals surface area contributed by atoms with Crippen molar-refractivity contribution in [2.75, 3.05) is 13.2 Å². The van der Waals surface area contributed by atoms with Crippen molar-refractivity contribution >= 4 is 0 Å². The first kappa shape index (κ1) is 26.6. The zero-order valence-electron chi connectivity index (χ0n) is 21.4.